The van der Waals surface area contributed by atoms with Gasteiger partial charge in [0, 0.05) is 37.8 Å². The maximum absolute atomic E-state index is 11.6. The molecule has 44 heavy (non-hydrogen) atoms. The highest BCUT2D eigenvalue weighted by atomic mass is 16.5. The van der Waals surface area contributed by atoms with Crippen LogP contribution >= 0.6 is 0 Å². The second-order valence-electron chi connectivity index (χ2n) is 11.4. The summed E-state index contributed by atoms with van der Waals surface area (Å²) >= 11 is 0. The van der Waals surface area contributed by atoms with Gasteiger partial charge >= 0.3 is 5.97 Å². The summed E-state index contributed by atoms with van der Waals surface area (Å²) in [5.74, 6) is 0.502. The SMILES string of the molecule is Cc1cccc(COc2ccccc2CN(CC[C@H](N)C(=O)O)Cc2ccc3c(ncn3C)c2OCc2cccc(C)c2)c1. The van der Waals surface area contributed by atoms with Crippen LogP contribution in [0.5, 0.6) is 11.5 Å². The first-order valence-corrected chi connectivity index (χ1v) is 14.8. The molecule has 0 radical (unpaired) electrons. The Morgan fingerprint density at radius 1 is 0.886 bits per heavy atom. The number of para-hydroxylation sites is 1. The number of imidazole rings is 1. The summed E-state index contributed by atoms with van der Waals surface area (Å²) in [6, 6.07) is 27.7. The molecule has 0 aliphatic carbocycles. The van der Waals surface area contributed by atoms with Gasteiger partial charge in [-0.15, -0.1) is 0 Å². The smallest absolute Gasteiger partial charge is 0.320 e. The number of hydrogen-bond donors (Lipinski definition) is 2. The van der Waals surface area contributed by atoms with Crippen LogP contribution in [-0.2, 0) is 38.1 Å². The van der Waals surface area contributed by atoms with E-state index in [4.69, 9.17) is 15.2 Å². The number of aliphatic carboxylic acids is 1. The molecule has 8 nitrogen and oxygen atoms in total. The number of nitrogens with two attached hydrogens (primary N) is 1. The number of hydrogen-bond acceptors (Lipinski definition) is 6. The van der Waals surface area contributed by atoms with E-state index in [0.717, 1.165) is 44.8 Å². The highest BCUT2D eigenvalue weighted by Gasteiger charge is 2.20. The van der Waals surface area contributed by atoms with Gasteiger partial charge < -0.3 is 24.9 Å². The normalized spacial score (nSPS) is 12.0. The van der Waals surface area contributed by atoms with E-state index in [0.29, 0.717) is 39.3 Å². The minimum Gasteiger partial charge on any atom is -0.489 e. The maximum Gasteiger partial charge on any atom is 0.320 e. The van der Waals surface area contributed by atoms with Gasteiger partial charge in [0.15, 0.2) is 5.75 Å². The lowest BCUT2D eigenvalue weighted by Gasteiger charge is -2.26. The van der Waals surface area contributed by atoms with Crippen LogP contribution < -0.4 is 15.2 Å². The van der Waals surface area contributed by atoms with Crippen LogP contribution in [0.1, 0.15) is 39.8 Å². The molecule has 0 saturated heterocycles. The Morgan fingerprint density at radius 2 is 1.55 bits per heavy atom. The van der Waals surface area contributed by atoms with Crippen LogP contribution in [-0.4, -0.2) is 38.1 Å². The zero-order valence-electron chi connectivity index (χ0n) is 25.6. The molecule has 0 saturated carbocycles. The van der Waals surface area contributed by atoms with Gasteiger partial charge in [0.05, 0.1) is 11.8 Å². The fraction of sp³-hybridized carbons (Fsp3) is 0.278. The van der Waals surface area contributed by atoms with Gasteiger partial charge in [-0.25, -0.2) is 4.98 Å². The molecule has 3 N–H and O–H groups in total. The number of carbonyl (C=O) groups is 1. The Morgan fingerprint density at radius 3 is 2.23 bits per heavy atom. The quantitative estimate of drug-likeness (QED) is 0.159. The largest absolute Gasteiger partial charge is 0.489 e. The first-order chi connectivity index (χ1) is 21.3. The van der Waals surface area contributed by atoms with Crippen LogP contribution in [0, 0.1) is 13.8 Å². The summed E-state index contributed by atoms with van der Waals surface area (Å²) in [7, 11) is 1.96. The number of aryl methyl sites for hydroxylation is 3. The average molecular weight is 593 g/mol. The molecule has 5 aromatic rings. The minimum atomic E-state index is -1.01. The van der Waals surface area contributed by atoms with Crippen molar-refractivity contribution in [3.63, 3.8) is 0 Å². The molecule has 1 aromatic heterocycles. The van der Waals surface area contributed by atoms with Crippen LogP contribution in [0.15, 0.2) is 91.3 Å². The lowest BCUT2D eigenvalue weighted by Crippen LogP contribution is -2.35. The van der Waals surface area contributed by atoms with Crippen LogP contribution in [0.4, 0.5) is 0 Å². The monoisotopic (exact) mass is 592 g/mol. The second-order valence-corrected chi connectivity index (χ2v) is 11.4. The predicted octanol–water partition coefficient (Wildman–Crippen LogP) is 6.15. The molecule has 1 atom stereocenters. The summed E-state index contributed by atoms with van der Waals surface area (Å²) < 4.78 is 14.8. The molecule has 0 unspecified atom stereocenters. The van der Waals surface area contributed by atoms with Crippen molar-refractivity contribution in [3.8, 4) is 11.5 Å². The molecule has 4 aromatic carbocycles. The Kier molecular flexibility index (Phi) is 9.94. The number of nitrogens with zero attached hydrogens (tertiary/aromatic N) is 3. The molecule has 0 spiro atoms. The zero-order chi connectivity index (χ0) is 31.1. The van der Waals surface area contributed by atoms with Gasteiger partial charge in [-0.1, -0.05) is 83.9 Å². The van der Waals surface area contributed by atoms with E-state index in [9.17, 15) is 9.90 Å². The van der Waals surface area contributed by atoms with Gasteiger partial charge in [-0.3, -0.25) is 9.69 Å². The average Bonchev–Trinajstić information content (AvgIpc) is 3.39. The fourth-order valence-electron chi connectivity index (χ4n) is 5.34. The molecule has 0 amide bonds. The van der Waals surface area contributed by atoms with Crippen molar-refractivity contribution in [1.29, 1.82) is 0 Å². The van der Waals surface area contributed by atoms with Crippen molar-refractivity contribution >= 4 is 17.0 Å². The summed E-state index contributed by atoms with van der Waals surface area (Å²) in [5.41, 5.74) is 14.2. The minimum absolute atomic E-state index is 0.299. The van der Waals surface area contributed by atoms with E-state index < -0.39 is 12.0 Å². The van der Waals surface area contributed by atoms with Crippen molar-refractivity contribution in [3.05, 3.63) is 125 Å². The highest BCUT2D eigenvalue weighted by molar-refractivity contribution is 5.83. The standard InChI is InChI=1S/C36H40N4O4/c1-25-8-6-10-27(18-25)22-43-33-13-5-4-12-29(33)20-40(17-16-31(37)36(41)42)21-30-14-15-32-34(38-24-39(32)3)35(30)44-23-28-11-7-9-26(2)19-28/h4-15,18-19,24,31H,16-17,20-23,37H2,1-3H3,(H,41,42)/t31-/m0/s1. The zero-order valence-corrected chi connectivity index (χ0v) is 25.6. The summed E-state index contributed by atoms with van der Waals surface area (Å²) in [6.45, 7) is 6.51. The molecular formula is C36H40N4O4. The van der Waals surface area contributed by atoms with E-state index >= 15 is 0 Å². The molecule has 0 fully saturated rings. The third-order valence-corrected chi connectivity index (χ3v) is 7.71. The van der Waals surface area contributed by atoms with E-state index in [-0.39, 0.29) is 0 Å². The second kappa shape index (κ2) is 14.2. The first kappa shape index (κ1) is 30.8. The summed E-state index contributed by atoms with van der Waals surface area (Å²) in [4.78, 5) is 18.4. The summed E-state index contributed by atoms with van der Waals surface area (Å²) in [6.07, 6.45) is 2.09. The molecular weight excluding hydrogens is 552 g/mol. The molecule has 8 heteroatoms. The third kappa shape index (κ3) is 7.83. The fourth-order valence-corrected chi connectivity index (χ4v) is 5.34. The van der Waals surface area contributed by atoms with E-state index in [1.807, 2.05) is 48.0 Å². The van der Waals surface area contributed by atoms with Crippen molar-refractivity contribution in [2.75, 3.05) is 6.54 Å². The molecule has 1 heterocycles. The number of aromatic nitrogens is 2. The number of fused-ring (bicyclic) bond motifs is 1. The van der Waals surface area contributed by atoms with E-state index in [2.05, 4.69) is 72.3 Å². The molecule has 5 rings (SSSR count). The lowest BCUT2D eigenvalue weighted by atomic mass is 10.1. The van der Waals surface area contributed by atoms with Gasteiger partial charge in [0.2, 0.25) is 0 Å². The topological polar surface area (TPSA) is 103 Å². The van der Waals surface area contributed by atoms with Crippen LogP contribution in [0.3, 0.4) is 0 Å². The molecule has 0 bridgehead atoms. The van der Waals surface area contributed by atoms with Gasteiger partial charge in [-0.05, 0) is 43.5 Å². The Hall–Kier alpha value is -4.66. The Labute approximate surface area is 258 Å². The van der Waals surface area contributed by atoms with Crippen LogP contribution in [0.2, 0.25) is 0 Å². The third-order valence-electron chi connectivity index (χ3n) is 7.71. The van der Waals surface area contributed by atoms with E-state index in [1.54, 1.807) is 6.33 Å². The molecule has 228 valence electrons. The number of ether oxygens (including phenoxy) is 2. The number of benzene rings is 4. The van der Waals surface area contributed by atoms with Crippen molar-refractivity contribution in [1.82, 2.24) is 14.5 Å². The van der Waals surface area contributed by atoms with Crippen LogP contribution in [0.25, 0.3) is 11.0 Å². The van der Waals surface area contributed by atoms with Crippen molar-refractivity contribution < 1.29 is 19.4 Å². The summed E-state index contributed by atoms with van der Waals surface area (Å²) in [5, 5.41) is 9.48. The van der Waals surface area contributed by atoms with Gasteiger partial charge in [0.25, 0.3) is 0 Å². The Balaban J connectivity index is 1.42. The van der Waals surface area contributed by atoms with Gasteiger partial charge in [0.1, 0.15) is 30.5 Å². The molecule has 0 aliphatic heterocycles. The Bertz CT molecular complexity index is 1730. The highest BCUT2D eigenvalue weighted by Crippen LogP contribution is 2.32. The lowest BCUT2D eigenvalue weighted by molar-refractivity contribution is -0.138. The number of rotatable bonds is 14. The number of carboxylic acids is 1. The molecule has 0 aliphatic rings. The van der Waals surface area contributed by atoms with Crippen molar-refractivity contribution in [2.24, 2.45) is 12.8 Å². The van der Waals surface area contributed by atoms with Crippen molar-refractivity contribution in [2.45, 2.75) is 52.6 Å². The first-order valence-electron chi connectivity index (χ1n) is 14.8. The van der Waals surface area contributed by atoms with Gasteiger partial charge in [-0.2, -0.15) is 0 Å². The number of carboxylic acid groups (broad SMARTS) is 1. The van der Waals surface area contributed by atoms with E-state index in [1.165, 1.54) is 11.1 Å². The predicted molar refractivity (Wildman–Crippen MR) is 173 cm³/mol. The maximum atomic E-state index is 11.6.